The highest BCUT2D eigenvalue weighted by Gasteiger charge is 2.09. The number of benzene rings is 1. The molecule has 0 heterocycles. The molecule has 0 aliphatic heterocycles. The average Bonchev–Trinajstić information content (AvgIpc) is 2.26. The van der Waals surface area contributed by atoms with E-state index in [-0.39, 0.29) is 0 Å². The number of ether oxygens (including phenoxy) is 1. The first-order chi connectivity index (χ1) is 7.27. The van der Waals surface area contributed by atoms with Gasteiger partial charge in [0.05, 0.1) is 6.61 Å². The largest absolute Gasteiger partial charge is 0.384 e. The van der Waals surface area contributed by atoms with E-state index in [0.717, 1.165) is 17.4 Å². The monoisotopic (exact) mass is 245 g/mol. The maximum atomic E-state index is 5.83. The predicted octanol–water partition coefficient (Wildman–Crippen LogP) is 2.72. The van der Waals surface area contributed by atoms with Gasteiger partial charge in [-0.1, -0.05) is 23.7 Å². The first kappa shape index (κ1) is 12.8. The molecule has 1 aromatic rings. The zero-order valence-corrected chi connectivity index (χ0v) is 10.4. The zero-order chi connectivity index (χ0) is 11.1. The minimum Gasteiger partial charge on any atom is -0.384 e. The van der Waals surface area contributed by atoms with Crippen molar-refractivity contribution in [2.45, 2.75) is 5.25 Å². The first-order valence-electron chi connectivity index (χ1n) is 4.84. The van der Waals surface area contributed by atoms with E-state index in [0.29, 0.717) is 11.8 Å². The summed E-state index contributed by atoms with van der Waals surface area (Å²) in [5, 5.41) is 1.09. The fraction of sp³-hybridized carbons (Fsp3) is 0.455. The summed E-state index contributed by atoms with van der Waals surface area (Å²) in [5.41, 5.74) is 6.96. The molecule has 1 aromatic carbocycles. The Morgan fingerprint density at radius 3 is 2.60 bits per heavy atom. The lowest BCUT2D eigenvalue weighted by Crippen LogP contribution is -2.10. The molecule has 1 atom stereocenters. The Kier molecular flexibility index (Phi) is 6.10. The smallest absolute Gasteiger partial charge is 0.0553 e. The van der Waals surface area contributed by atoms with Crippen molar-refractivity contribution in [2.24, 2.45) is 5.73 Å². The zero-order valence-electron chi connectivity index (χ0n) is 8.78. The number of methoxy groups -OCH3 is 1. The van der Waals surface area contributed by atoms with Gasteiger partial charge < -0.3 is 10.5 Å². The lowest BCUT2D eigenvalue weighted by molar-refractivity contribution is 0.218. The third-order valence-corrected chi connectivity index (χ3v) is 3.58. The third kappa shape index (κ3) is 4.43. The van der Waals surface area contributed by atoms with Crippen LogP contribution in [0.25, 0.3) is 0 Å². The molecule has 15 heavy (non-hydrogen) atoms. The fourth-order valence-electron chi connectivity index (χ4n) is 1.25. The minimum atomic E-state index is 0.331. The number of nitrogens with two attached hydrogens (primary N) is 1. The van der Waals surface area contributed by atoms with E-state index in [9.17, 15) is 0 Å². The van der Waals surface area contributed by atoms with Gasteiger partial charge in [0.1, 0.15) is 0 Å². The van der Waals surface area contributed by atoms with Crippen molar-refractivity contribution in [3.63, 3.8) is 0 Å². The highest BCUT2D eigenvalue weighted by molar-refractivity contribution is 7.99. The Labute approximate surface area is 100 Å². The van der Waals surface area contributed by atoms with Gasteiger partial charge in [-0.05, 0) is 17.7 Å². The molecule has 0 bridgehead atoms. The van der Waals surface area contributed by atoms with E-state index < -0.39 is 0 Å². The Bertz CT molecular complexity index is 278. The molecule has 0 aliphatic rings. The van der Waals surface area contributed by atoms with Crippen molar-refractivity contribution in [1.29, 1.82) is 0 Å². The summed E-state index contributed by atoms with van der Waals surface area (Å²) in [4.78, 5) is 0. The van der Waals surface area contributed by atoms with Gasteiger partial charge in [-0.25, -0.2) is 0 Å². The van der Waals surface area contributed by atoms with E-state index in [4.69, 9.17) is 22.1 Å². The number of hydrogen-bond donors (Lipinski definition) is 1. The van der Waals surface area contributed by atoms with Crippen molar-refractivity contribution < 1.29 is 4.74 Å². The van der Waals surface area contributed by atoms with Crippen molar-refractivity contribution in [1.82, 2.24) is 0 Å². The summed E-state index contributed by atoms with van der Waals surface area (Å²) in [6.45, 7) is 1.39. The van der Waals surface area contributed by atoms with Gasteiger partial charge in [0.2, 0.25) is 0 Å². The molecule has 1 rings (SSSR count). The second-order valence-corrected chi connectivity index (χ2v) is 4.89. The van der Waals surface area contributed by atoms with Crippen LogP contribution in [0.4, 0.5) is 0 Å². The second kappa shape index (κ2) is 7.12. The molecule has 4 heteroatoms. The van der Waals surface area contributed by atoms with Crippen molar-refractivity contribution in [3.05, 3.63) is 34.9 Å². The molecular weight excluding hydrogens is 230 g/mol. The Morgan fingerprint density at radius 2 is 2.07 bits per heavy atom. The van der Waals surface area contributed by atoms with Crippen LogP contribution < -0.4 is 5.73 Å². The summed E-state index contributed by atoms with van der Waals surface area (Å²) in [5.74, 6) is 0.959. The maximum absolute atomic E-state index is 5.83. The standard InChI is InChI=1S/C11H16ClNOS/c1-14-6-7-15-11(8-13)9-2-4-10(12)5-3-9/h2-5,11H,6-8,13H2,1H3/t11-/m1/s1. The van der Waals surface area contributed by atoms with Gasteiger partial charge >= 0.3 is 0 Å². The highest BCUT2D eigenvalue weighted by Crippen LogP contribution is 2.28. The van der Waals surface area contributed by atoms with Crippen LogP contribution in [-0.2, 0) is 4.74 Å². The molecule has 0 aliphatic carbocycles. The molecule has 0 spiro atoms. The van der Waals surface area contributed by atoms with Crippen LogP contribution in [0.5, 0.6) is 0 Å². The lowest BCUT2D eigenvalue weighted by atomic mass is 10.1. The summed E-state index contributed by atoms with van der Waals surface area (Å²) >= 11 is 7.64. The summed E-state index contributed by atoms with van der Waals surface area (Å²) in [6, 6.07) is 7.85. The summed E-state index contributed by atoms with van der Waals surface area (Å²) in [6.07, 6.45) is 0. The topological polar surface area (TPSA) is 35.2 Å². The molecule has 0 saturated heterocycles. The maximum Gasteiger partial charge on any atom is 0.0553 e. The van der Waals surface area contributed by atoms with Crippen LogP contribution in [-0.4, -0.2) is 26.0 Å². The lowest BCUT2D eigenvalue weighted by Gasteiger charge is -2.14. The van der Waals surface area contributed by atoms with E-state index in [1.807, 2.05) is 36.0 Å². The molecule has 84 valence electrons. The SMILES string of the molecule is COCCS[C@H](CN)c1ccc(Cl)cc1. The van der Waals surface area contributed by atoms with Crippen LogP contribution in [0, 0.1) is 0 Å². The van der Waals surface area contributed by atoms with Crippen LogP contribution >= 0.6 is 23.4 Å². The van der Waals surface area contributed by atoms with Crippen LogP contribution in [0.1, 0.15) is 10.8 Å². The molecule has 0 unspecified atom stereocenters. The summed E-state index contributed by atoms with van der Waals surface area (Å²) < 4.78 is 5.01. The Balaban J connectivity index is 2.53. The van der Waals surface area contributed by atoms with Gasteiger partial charge in [-0.2, -0.15) is 11.8 Å². The third-order valence-electron chi connectivity index (χ3n) is 2.06. The molecule has 0 fully saturated rings. The van der Waals surface area contributed by atoms with Crippen molar-refractivity contribution in [2.75, 3.05) is 26.0 Å². The Hall–Kier alpha value is -0.220. The number of halogens is 1. The molecule has 2 N–H and O–H groups in total. The molecule has 2 nitrogen and oxygen atoms in total. The molecule has 0 amide bonds. The summed E-state index contributed by atoms with van der Waals surface area (Å²) in [7, 11) is 1.71. The normalized spacial score (nSPS) is 12.7. The van der Waals surface area contributed by atoms with Gasteiger partial charge in [0, 0.05) is 29.7 Å². The van der Waals surface area contributed by atoms with Crippen LogP contribution in [0.2, 0.25) is 5.02 Å². The van der Waals surface area contributed by atoms with E-state index in [1.165, 1.54) is 5.56 Å². The average molecular weight is 246 g/mol. The fourth-order valence-corrected chi connectivity index (χ4v) is 2.41. The Morgan fingerprint density at radius 1 is 1.40 bits per heavy atom. The number of hydrogen-bond acceptors (Lipinski definition) is 3. The van der Waals surface area contributed by atoms with Crippen molar-refractivity contribution in [3.8, 4) is 0 Å². The van der Waals surface area contributed by atoms with Crippen LogP contribution in [0.15, 0.2) is 24.3 Å². The van der Waals surface area contributed by atoms with Gasteiger partial charge in [0.15, 0.2) is 0 Å². The molecule has 0 saturated carbocycles. The second-order valence-electron chi connectivity index (χ2n) is 3.14. The first-order valence-corrected chi connectivity index (χ1v) is 6.26. The van der Waals surface area contributed by atoms with E-state index in [2.05, 4.69) is 0 Å². The van der Waals surface area contributed by atoms with Gasteiger partial charge in [0.25, 0.3) is 0 Å². The van der Waals surface area contributed by atoms with Crippen molar-refractivity contribution >= 4 is 23.4 Å². The molecule has 0 radical (unpaired) electrons. The number of rotatable bonds is 6. The molecule has 0 aromatic heterocycles. The predicted molar refractivity (Wildman–Crippen MR) is 67.6 cm³/mol. The molecular formula is C11H16ClNOS. The van der Waals surface area contributed by atoms with E-state index in [1.54, 1.807) is 7.11 Å². The quantitative estimate of drug-likeness (QED) is 0.783. The number of thioether (sulfide) groups is 1. The van der Waals surface area contributed by atoms with Gasteiger partial charge in [-0.15, -0.1) is 0 Å². The minimum absolute atomic E-state index is 0.331. The van der Waals surface area contributed by atoms with Gasteiger partial charge in [-0.3, -0.25) is 0 Å². The highest BCUT2D eigenvalue weighted by atomic mass is 35.5. The van der Waals surface area contributed by atoms with E-state index >= 15 is 0 Å². The van der Waals surface area contributed by atoms with Crippen LogP contribution in [0.3, 0.4) is 0 Å².